The number of nitrogens with zero attached hydrogens (tertiary/aromatic N) is 5. The highest BCUT2D eigenvalue weighted by Gasteiger charge is 2.30. The quantitative estimate of drug-likeness (QED) is 0.686. The summed E-state index contributed by atoms with van der Waals surface area (Å²) in [4.78, 5) is 20.3. The van der Waals surface area contributed by atoms with Crippen LogP contribution in [0.2, 0.25) is 0 Å². The Morgan fingerprint density at radius 2 is 1.66 bits per heavy atom. The molecule has 6 nitrogen and oxygen atoms in total. The summed E-state index contributed by atoms with van der Waals surface area (Å²) in [7, 11) is 0. The van der Waals surface area contributed by atoms with Crippen LogP contribution in [-0.2, 0) is 6.42 Å². The molecule has 0 atom stereocenters. The standard InChI is InChI=1S/C23H28N6/c1-2-9-29(10-3-1)20-14-19(22-21(15-20)24-7-8-25-22)13-17-11-18(12-17)16-28-23-26-5-4-6-27-23/h4-8,14-15,17-18H,1-3,9-13,16H2,(H,26,27,28)/t17-,18+. The van der Waals surface area contributed by atoms with E-state index in [1.54, 1.807) is 12.4 Å². The van der Waals surface area contributed by atoms with Crippen molar-refractivity contribution in [1.82, 2.24) is 19.9 Å². The fourth-order valence-corrected chi connectivity index (χ4v) is 4.76. The van der Waals surface area contributed by atoms with Crippen LogP contribution in [0.4, 0.5) is 11.6 Å². The Kier molecular flexibility index (Phi) is 5.24. The van der Waals surface area contributed by atoms with E-state index >= 15 is 0 Å². The Bertz CT molecular complexity index is 948. The van der Waals surface area contributed by atoms with Crippen LogP contribution in [0.5, 0.6) is 0 Å². The summed E-state index contributed by atoms with van der Waals surface area (Å²) < 4.78 is 0. The predicted molar refractivity (Wildman–Crippen MR) is 116 cm³/mol. The molecule has 2 aromatic heterocycles. The van der Waals surface area contributed by atoms with E-state index in [0.29, 0.717) is 5.92 Å². The van der Waals surface area contributed by atoms with Crippen molar-refractivity contribution in [1.29, 1.82) is 0 Å². The lowest BCUT2D eigenvalue weighted by Crippen LogP contribution is -2.31. The SMILES string of the molecule is c1cnc(NC[C@H]2C[C@@H](Cc3cc(N4CCCCC4)cc4nccnc34)C2)nc1. The Labute approximate surface area is 171 Å². The van der Waals surface area contributed by atoms with Crippen LogP contribution in [0.15, 0.2) is 43.0 Å². The van der Waals surface area contributed by atoms with E-state index in [1.165, 1.54) is 43.4 Å². The molecule has 1 saturated heterocycles. The molecule has 3 heterocycles. The zero-order valence-corrected chi connectivity index (χ0v) is 16.8. The number of benzene rings is 1. The molecule has 5 rings (SSSR count). The first-order valence-corrected chi connectivity index (χ1v) is 10.8. The average Bonchev–Trinajstić information content (AvgIpc) is 2.76. The molecule has 0 unspecified atom stereocenters. The van der Waals surface area contributed by atoms with Crippen LogP contribution < -0.4 is 10.2 Å². The van der Waals surface area contributed by atoms with Crippen LogP contribution in [0.25, 0.3) is 11.0 Å². The van der Waals surface area contributed by atoms with Crippen molar-refractivity contribution in [2.75, 3.05) is 29.9 Å². The van der Waals surface area contributed by atoms with Crippen molar-refractivity contribution in [3.05, 3.63) is 48.5 Å². The van der Waals surface area contributed by atoms with Crippen molar-refractivity contribution < 1.29 is 0 Å². The summed E-state index contributed by atoms with van der Waals surface area (Å²) >= 11 is 0. The molecule has 2 aliphatic rings. The number of anilines is 2. The average molecular weight is 389 g/mol. The molecule has 0 spiro atoms. The number of aromatic nitrogens is 4. The van der Waals surface area contributed by atoms with Gasteiger partial charge in [-0.2, -0.15) is 0 Å². The fraction of sp³-hybridized carbons (Fsp3) is 0.478. The Balaban J connectivity index is 1.25. The lowest BCUT2D eigenvalue weighted by atomic mass is 9.72. The van der Waals surface area contributed by atoms with Gasteiger partial charge < -0.3 is 10.2 Å². The minimum atomic E-state index is 0.700. The van der Waals surface area contributed by atoms with Gasteiger partial charge in [-0.15, -0.1) is 0 Å². The largest absolute Gasteiger partial charge is 0.371 e. The third-order valence-corrected chi connectivity index (χ3v) is 6.32. The summed E-state index contributed by atoms with van der Waals surface area (Å²) in [5, 5.41) is 3.36. The minimum absolute atomic E-state index is 0.700. The molecule has 2 fully saturated rings. The summed E-state index contributed by atoms with van der Waals surface area (Å²) in [5.41, 5.74) is 4.79. The molecular weight excluding hydrogens is 360 g/mol. The van der Waals surface area contributed by atoms with E-state index in [4.69, 9.17) is 0 Å². The second-order valence-corrected chi connectivity index (χ2v) is 8.44. The van der Waals surface area contributed by atoms with Gasteiger partial charge in [0, 0.05) is 50.1 Å². The zero-order chi connectivity index (χ0) is 19.5. The highest BCUT2D eigenvalue weighted by Crippen LogP contribution is 2.38. The predicted octanol–water partition coefficient (Wildman–Crippen LogP) is 4.09. The van der Waals surface area contributed by atoms with Gasteiger partial charge in [0.15, 0.2) is 0 Å². The van der Waals surface area contributed by atoms with Crippen LogP contribution in [0.1, 0.15) is 37.7 Å². The first-order chi connectivity index (χ1) is 14.3. The first kappa shape index (κ1) is 18.3. The van der Waals surface area contributed by atoms with Gasteiger partial charge in [-0.1, -0.05) is 0 Å². The van der Waals surface area contributed by atoms with Crippen molar-refractivity contribution in [3.8, 4) is 0 Å². The number of hydrogen-bond donors (Lipinski definition) is 1. The maximum absolute atomic E-state index is 4.66. The van der Waals surface area contributed by atoms with Gasteiger partial charge in [0.05, 0.1) is 11.0 Å². The second kappa shape index (κ2) is 8.31. The third-order valence-electron chi connectivity index (χ3n) is 6.32. The Morgan fingerprint density at radius 3 is 2.48 bits per heavy atom. The van der Waals surface area contributed by atoms with E-state index < -0.39 is 0 Å². The van der Waals surface area contributed by atoms with Gasteiger partial charge in [-0.05, 0) is 74.1 Å². The molecular formula is C23H28N6. The van der Waals surface area contributed by atoms with Gasteiger partial charge >= 0.3 is 0 Å². The molecule has 0 radical (unpaired) electrons. The van der Waals surface area contributed by atoms with Gasteiger partial charge in [-0.3, -0.25) is 9.97 Å². The molecule has 150 valence electrons. The zero-order valence-electron chi connectivity index (χ0n) is 16.8. The first-order valence-electron chi connectivity index (χ1n) is 10.8. The van der Waals surface area contributed by atoms with Crippen LogP contribution in [0.3, 0.4) is 0 Å². The Hall–Kier alpha value is -2.76. The molecule has 1 N–H and O–H groups in total. The molecule has 1 aliphatic heterocycles. The maximum atomic E-state index is 4.66. The van der Waals surface area contributed by atoms with E-state index in [9.17, 15) is 0 Å². The molecule has 0 bridgehead atoms. The van der Waals surface area contributed by atoms with E-state index in [-0.39, 0.29) is 0 Å². The number of piperidine rings is 1. The van der Waals surface area contributed by atoms with Gasteiger partial charge in [0.2, 0.25) is 5.95 Å². The van der Waals surface area contributed by atoms with Crippen molar-refractivity contribution in [3.63, 3.8) is 0 Å². The molecule has 3 aromatic rings. The van der Waals surface area contributed by atoms with Gasteiger partial charge in [-0.25, -0.2) is 9.97 Å². The minimum Gasteiger partial charge on any atom is -0.371 e. The summed E-state index contributed by atoms with van der Waals surface area (Å²) in [6.07, 6.45) is 14.7. The molecule has 1 aromatic carbocycles. The number of hydrogen-bond acceptors (Lipinski definition) is 6. The van der Waals surface area contributed by atoms with Crippen LogP contribution in [0, 0.1) is 11.8 Å². The van der Waals surface area contributed by atoms with Crippen molar-refractivity contribution >= 4 is 22.7 Å². The van der Waals surface area contributed by atoms with Crippen LogP contribution in [-0.4, -0.2) is 39.6 Å². The van der Waals surface area contributed by atoms with E-state index in [2.05, 4.69) is 42.3 Å². The van der Waals surface area contributed by atoms with Crippen molar-refractivity contribution in [2.45, 2.75) is 38.5 Å². The van der Waals surface area contributed by atoms with Crippen LogP contribution >= 0.6 is 0 Å². The summed E-state index contributed by atoms with van der Waals surface area (Å²) in [6, 6.07) is 6.45. The highest BCUT2D eigenvalue weighted by molar-refractivity contribution is 5.82. The normalized spacial score (nSPS) is 21.7. The smallest absolute Gasteiger partial charge is 0.222 e. The summed E-state index contributed by atoms with van der Waals surface area (Å²) in [5.74, 6) is 2.15. The molecule has 6 heteroatoms. The van der Waals surface area contributed by atoms with Crippen molar-refractivity contribution in [2.24, 2.45) is 11.8 Å². The van der Waals surface area contributed by atoms with E-state index in [1.807, 2.05) is 18.5 Å². The lowest BCUT2D eigenvalue weighted by Gasteiger charge is -2.36. The topological polar surface area (TPSA) is 66.8 Å². The molecule has 29 heavy (non-hydrogen) atoms. The molecule has 1 saturated carbocycles. The number of fused-ring (bicyclic) bond motifs is 1. The second-order valence-electron chi connectivity index (χ2n) is 8.44. The van der Waals surface area contributed by atoms with Gasteiger partial charge in [0.25, 0.3) is 0 Å². The maximum Gasteiger partial charge on any atom is 0.222 e. The highest BCUT2D eigenvalue weighted by atomic mass is 15.1. The Morgan fingerprint density at radius 1 is 0.862 bits per heavy atom. The third kappa shape index (κ3) is 4.16. The summed E-state index contributed by atoms with van der Waals surface area (Å²) in [6.45, 7) is 3.27. The monoisotopic (exact) mass is 388 g/mol. The fourth-order valence-electron chi connectivity index (χ4n) is 4.76. The van der Waals surface area contributed by atoms with E-state index in [0.717, 1.165) is 49.0 Å². The lowest BCUT2D eigenvalue weighted by molar-refractivity contribution is 0.204. The number of rotatable bonds is 6. The molecule has 1 aliphatic carbocycles. The molecule has 0 amide bonds. The number of nitrogens with one attached hydrogen (secondary N) is 1. The van der Waals surface area contributed by atoms with Gasteiger partial charge in [0.1, 0.15) is 0 Å².